The number of hydrogen-bond acceptors (Lipinski definition) is 6. The molecule has 2 aromatic rings. The lowest BCUT2D eigenvalue weighted by atomic mass is 9.76. The van der Waals surface area contributed by atoms with Crippen LogP contribution in [0.1, 0.15) is 43.4 Å². The van der Waals surface area contributed by atoms with Crippen LogP contribution in [0.2, 0.25) is 0 Å². The molecule has 170 valence electrons. The van der Waals surface area contributed by atoms with Gasteiger partial charge in [0.15, 0.2) is 5.82 Å². The van der Waals surface area contributed by atoms with Gasteiger partial charge >= 0.3 is 0 Å². The summed E-state index contributed by atoms with van der Waals surface area (Å²) in [6.45, 7) is 2.92. The molecule has 0 unspecified atom stereocenters. The Morgan fingerprint density at radius 3 is 2.50 bits per heavy atom. The van der Waals surface area contributed by atoms with Crippen molar-refractivity contribution in [3.63, 3.8) is 0 Å². The second kappa shape index (κ2) is 9.65. The van der Waals surface area contributed by atoms with Crippen LogP contribution >= 0.6 is 0 Å². The fraction of sp³-hybridized carbons (Fsp3) is 0.500. The number of amides is 1. The number of anilines is 1. The Hall–Kier alpha value is -3.00. The molecule has 1 aromatic carbocycles. The number of hydrogen-bond donors (Lipinski definition) is 3. The van der Waals surface area contributed by atoms with Crippen LogP contribution < -0.4 is 11.1 Å². The van der Waals surface area contributed by atoms with Crippen molar-refractivity contribution in [2.45, 2.75) is 43.9 Å². The van der Waals surface area contributed by atoms with Crippen LogP contribution in [0.15, 0.2) is 30.3 Å². The summed E-state index contributed by atoms with van der Waals surface area (Å²) in [7, 11) is 0. The Balaban J connectivity index is 0.000000775. The van der Waals surface area contributed by atoms with E-state index >= 15 is 0 Å². The van der Waals surface area contributed by atoms with Gasteiger partial charge in [0, 0.05) is 23.1 Å². The van der Waals surface area contributed by atoms with E-state index in [0.29, 0.717) is 6.54 Å². The summed E-state index contributed by atoms with van der Waals surface area (Å²) >= 11 is 0. The lowest BCUT2D eigenvalue weighted by Crippen LogP contribution is -2.45. The number of primary amides is 1. The van der Waals surface area contributed by atoms with Gasteiger partial charge in [-0.25, -0.2) is 9.97 Å². The van der Waals surface area contributed by atoms with Gasteiger partial charge in [-0.05, 0) is 57.5 Å². The van der Waals surface area contributed by atoms with Gasteiger partial charge in [0.05, 0.1) is 12.2 Å². The van der Waals surface area contributed by atoms with E-state index in [2.05, 4.69) is 22.3 Å². The first-order valence-corrected chi connectivity index (χ1v) is 11.3. The predicted octanol–water partition coefficient (Wildman–Crippen LogP) is 2.43. The molecule has 2 heterocycles. The van der Waals surface area contributed by atoms with Crippen LogP contribution in [0.3, 0.4) is 0 Å². The fourth-order valence-corrected chi connectivity index (χ4v) is 4.91. The third kappa shape index (κ3) is 4.91. The van der Waals surface area contributed by atoms with Crippen molar-refractivity contribution in [3.8, 4) is 11.4 Å². The molecule has 1 spiro atoms. The number of piperidine rings is 1. The van der Waals surface area contributed by atoms with Crippen LogP contribution in [0.5, 0.6) is 0 Å². The van der Waals surface area contributed by atoms with E-state index in [9.17, 15) is 4.79 Å². The van der Waals surface area contributed by atoms with Gasteiger partial charge in [0.1, 0.15) is 5.82 Å². The van der Waals surface area contributed by atoms with Crippen molar-refractivity contribution < 1.29 is 14.7 Å². The largest absolute Gasteiger partial charge is 0.483 e. The molecule has 1 amide bonds. The zero-order valence-corrected chi connectivity index (χ0v) is 18.3. The number of nitrogens with zero attached hydrogens (tertiary/aromatic N) is 3. The van der Waals surface area contributed by atoms with Crippen molar-refractivity contribution in [1.29, 1.82) is 0 Å². The van der Waals surface area contributed by atoms with E-state index in [1.165, 1.54) is 24.1 Å². The average molecular weight is 438 g/mol. The zero-order chi connectivity index (χ0) is 22.6. The molecule has 1 aromatic heterocycles. The smallest absolute Gasteiger partial charge is 0.290 e. The van der Waals surface area contributed by atoms with Gasteiger partial charge < -0.3 is 16.2 Å². The molecular weight excluding hydrogens is 406 g/mol. The van der Waals surface area contributed by atoms with Crippen molar-refractivity contribution in [3.05, 3.63) is 41.6 Å². The average Bonchev–Trinajstić information content (AvgIpc) is 3.56. The van der Waals surface area contributed by atoms with Gasteiger partial charge in [-0.15, -0.1) is 0 Å². The first-order chi connectivity index (χ1) is 15.5. The van der Waals surface area contributed by atoms with Gasteiger partial charge in [0.25, 0.3) is 6.47 Å². The maximum Gasteiger partial charge on any atom is 0.290 e. The van der Waals surface area contributed by atoms with Crippen LogP contribution in [-0.4, -0.2) is 58.5 Å². The number of benzene rings is 1. The Labute approximate surface area is 188 Å². The Kier molecular flexibility index (Phi) is 6.69. The van der Waals surface area contributed by atoms with Gasteiger partial charge in [0.2, 0.25) is 5.91 Å². The van der Waals surface area contributed by atoms with E-state index in [1.807, 2.05) is 18.2 Å². The second-order valence-corrected chi connectivity index (χ2v) is 9.04. The highest BCUT2D eigenvalue weighted by molar-refractivity contribution is 5.76. The standard InChI is InChI=1S/C23H29N5O.CH2O2/c24-19(29)15-28-12-10-23(11-13-28)9-8-18-20(23)26-21(17-4-2-1-3-5-17)27-22(18)25-14-16-6-7-16;2-1-3/h1-5,16H,6-15H2,(H2,24,29)(H,25,26,27);1H,(H,2,3). The minimum atomic E-state index is -0.250. The third-order valence-electron chi connectivity index (χ3n) is 6.84. The first kappa shape index (κ1) is 22.2. The maximum absolute atomic E-state index is 11.3. The van der Waals surface area contributed by atoms with Crippen LogP contribution in [0.25, 0.3) is 11.4 Å². The van der Waals surface area contributed by atoms with E-state index in [-0.39, 0.29) is 17.8 Å². The number of carboxylic acid groups (broad SMARTS) is 1. The Morgan fingerprint density at radius 1 is 1.19 bits per heavy atom. The lowest BCUT2D eigenvalue weighted by Gasteiger charge is -2.39. The Bertz CT molecular complexity index is 954. The summed E-state index contributed by atoms with van der Waals surface area (Å²) in [6.07, 6.45) is 6.86. The van der Waals surface area contributed by atoms with E-state index in [0.717, 1.165) is 68.4 Å². The van der Waals surface area contributed by atoms with Crippen molar-refractivity contribution in [2.75, 3.05) is 31.5 Å². The minimum absolute atomic E-state index is 0.103. The first-order valence-electron chi connectivity index (χ1n) is 11.3. The molecule has 0 atom stereocenters. The summed E-state index contributed by atoms with van der Waals surface area (Å²) in [5, 5.41) is 10.5. The fourth-order valence-electron chi connectivity index (χ4n) is 4.91. The molecule has 0 bridgehead atoms. The minimum Gasteiger partial charge on any atom is -0.483 e. The van der Waals surface area contributed by atoms with Crippen LogP contribution in [0.4, 0.5) is 5.82 Å². The molecule has 3 aliphatic rings. The zero-order valence-electron chi connectivity index (χ0n) is 18.3. The number of rotatable bonds is 6. The molecule has 1 aliphatic heterocycles. The molecule has 8 nitrogen and oxygen atoms in total. The number of likely N-dealkylation sites (tertiary alicyclic amines) is 1. The molecule has 1 saturated heterocycles. The molecule has 0 radical (unpaired) electrons. The summed E-state index contributed by atoms with van der Waals surface area (Å²) in [5.74, 6) is 2.42. The monoisotopic (exact) mass is 437 g/mol. The van der Waals surface area contributed by atoms with Crippen LogP contribution in [0, 0.1) is 5.92 Å². The molecular formula is C24H31N5O3. The molecule has 2 fully saturated rings. The topological polar surface area (TPSA) is 121 Å². The van der Waals surface area contributed by atoms with Gasteiger partial charge in [-0.1, -0.05) is 30.3 Å². The quantitative estimate of drug-likeness (QED) is 0.593. The predicted molar refractivity (Wildman–Crippen MR) is 122 cm³/mol. The van der Waals surface area contributed by atoms with Crippen molar-refractivity contribution in [2.24, 2.45) is 11.7 Å². The van der Waals surface area contributed by atoms with Gasteiger partial charge in [-0.3, -0.25) is 14.5 Å². The Morgan fingerprint density at radius 2 is 1.88 bits per heavy atom. The molecule has 1 saturated carbocycles. The molecule has 5 rings (SSSR count). The summed E-state index contributed by atoms with van der Waals surface area (Å²) < 4.78 is 0. The summed E-state index contributed by atoms with van der Waals surface area (Å²) in [4.78, 5) is 31.9. The highest BCUT2D eigenvalue weighted by Gasteiger charge is 2.44. The van der Waals surface area contributed by atoms with E-state index in [4.69, 9.17) is 25.6 Å². The summed E-state index contributed by atoms with van der Waals surface area (Å²) in [6, 6.07) is 10.3. The number of aromatic nitrogens is 2. The van der Waals surface area contributed by atoms with E-state index in [1.54, 1.807) is 0 Å². The number of fused-ring (bicyclic) bond motifs is 2. The SMILES string of the molecule is NC(=O)CN1CCC2(CCc3c(NCC4CC4)nc(-c4ccccc4)nc32)CC1.O=CO. The summed E-state index contributed by atoms with van der Waals surface area (Å²) in [5.41, 5.74) is 9.13. The molecule has 4 N–H and O–H groups in total. The number of nitrogens with one attached hydrogen (secondary N) is 1. The maximum atomic E-state index is 11.3. The third-order valence-corrected chi connectivity index (χ3v) is 6.84. The number of nitrogens with two attached hydrogens (primary N) is 1. The molecule has 32 heavy (non-hydrogen) atoms. The highest BCUT2D eigenvalue weighted by atomic mass is 16.3. The highest BCUT2D eigenvalue weighted by Crippen LogP contribution is 2.47. The number of carbonyl (C=O) groups excluding carboxylic acids is 1. The number of carbonyl (C=O) groups is 2. The van der Waals surface area contributed by atoms with Crippen molar-refractivity contribution >= 4 is 18.2 Å². The second-order valence-electron chi connectivity index (χ2n) is 9.04. The van der Waals surface area contributed by atoms with E-state index < -0.39 is 0 Å². The normalized spacial score (nSPS) is 19.0. The van der Waals surface area contributed by atoms with Gasteiger partial charge in [-0.2, -0.15) is 0 Å². The van der Waals surface area contributed by atoms with Crippen LogP contribution in [-0.2, 0) is 21.4 Å². The molecule has 2 aliphatic carbocycles. The lowest BCUT2D eigenvalue weighted by molar-refractivity contribution is -0.123. The molecule has 8 heteroatoms. The van der Waals surface area contributed by atoms with Crippen molar-refractivity contribution in [1.82, 2.24) is 14.9 Å².